The molecule has 4 atom stereocenters. The molecule has 2 unspecified atom stereocenters. The molecule has 8 rings (SSSR count). The first-order chi connectivity index (χ1) is 28.9. The average molecular weight is 819 g/mol. The van der Waals surface area contributed by atoms with Crippen molar-refractivity contribution in [2.24, 2.45) is 11.8 Å². The van der Waals surface area contributed by atoms with E-state index in [-0.39, 0.29) is 35.7 Å². The number of hydrogen-bond acceptors (Lipinski definition) is 9. The number of ether oxygens (including phenoxy) is 2. The summed E-state index contributed by atoms with van der Waals surface area (Å²) in [5, 5.41) is 6.49. The highest BCUT2D eigenvalue weighted by molar-refractivity contribution is 5.92. The molecule has 0 spiro atoms. The summed E-state index contributed by atoms with van der Waals surface area (Å²) in [5.41, 5.74) is 7.99. The van der Waals surface area contributed by atoms with Crippen molar-refractivity contribution < 1.29 is 33.1 Å². The number of nitrogens with one attached hydrogen (secondary N) is 4. The molecule has 316 valence electrons. The Morgan fingerprint density at radius 3 is 1.80 bits per heavy atom. The fraction of sp³-hybridized carbons (Fsp3) is 0.467. The predicted molar refractivity (Wildman–Crippen MR) is 225 cm³/mol. The molecular formula is C45H54N8O7. The number of imidazole rings is 2. The Bertz CT molecular complexity index is 2410. The van der Waals surface area contributed by atoms with Gasteiger partial charge < -0.3 is 44.3 Å². The molecule has 60 heavy (non-hydrogen) atoms. The molecule has 4 N–H and O–H groups in total. The van der Waals surface area contributed by atoms with Crippen LogP contribution in [-0.2, 0) is 31.9 Å². The Hall–Kier alpha value is -6.12. The maximum Gasteiger partial charge on any atom is 0.407 e. The summed E-state index contributed by atoms with van der Waals surface area (Å²) in [7, 11) is 2.59. The van der Waals surface area contributed by atoms with Crippen molar-refractivity contribution in [2.45, 2.75) is 96.8 Å². The number of rotatable bonds is 10. The van der Waals surface area contributed by atoms with Crippen LogP contribution in [0, 0.1) is 11.8 Å². The maximum atomic E-state index is 13.7. The first-order valence-electron chi connectivity index (χ1n) is 21.0. The van der Waals surface area contributed by atoms with Crippen molar-refractivity contribution in [1.29, 1.82) is 0 Å². The second-order valence-corrected chi connectivity index (χ2v) is 16.8. The van der Waals surface area contributed by atoms with E-state index in [9.17, 15) is 19.2 Å². The third-order valence-electron chi connectivity index (χ3n) is 12.3. The number of nitrogens with zero attached hydrogens (tertiary/aromatic N) is 4. The van der Waals surface area contributed by atoms with Gasteiger partial charge in [-0.1, -0.05) is 39.8 Å². The van der Waals surface area contributed by atoms with Gasteiger partial charge in [0.15, 0.2) is 0 Å². The fourth-order valence-corrected chi connectivity index (χ4v) is 9.12. The Balaban J connectivity index is 1.01. The summed E-state index contributed by atoms with van der Waals surface area (Å²) in [4.78, 5) is 71.6. The lowest BCUT2D eigenvalue weighted by Crippen LogP contribution is -2.51. The Labute approximate surface area is 349 Å². The molecule has 2 aromatic carbocycles. The minimum absolute atomic E-state index is 0.111. The number of carbonyl (C=O) groups is 4. The highest BCUT2D eigenvalue weighted by Crippen LogP contribution is 2.42. The number of aromatic amines is 2. The van der Waals surface area contributed by atoms with Crippen LogP contribution < -0.4 is 10.6 Å². The van der Waals surface area contributed by atoms with Gasteiger partial charge in [0.05, 0.1) is 50.1 Å². The molecule has 5 heterocycles. The van der Waals surface area contributed by atoms with Gasteiger partial charge in [-0.3, -0.25) is 9.59 Å². The van der Waals surface area contributed by atoms with E-state index in [1.165, 1.54) is 25.3 Å². The van der Waals surface area contributed by atoms with E-state index in [0.717, 1.165) is 101 Å². The van der Waals surface area contributed by atoms with Crippen LogP contribution >= 0.6 is 0 Å². The van der Waals surface area contributed by atoms with Gasteiger partial charge in [0.2, 0.25) is 11.8 Å². The van der Waals surface area contributed by atoms with E-state index in [1.54, 1.807) is 0 Å². The van der Waals surface area contributed by atoms with Crippen molar-refractivity contribution in [3.8, 4) is 33.8 Å². The highest BCUT2D eigenvalue weighted by atomic mass is 16.5. The third kappa shape index (κ3) is 7.72. The number of hydrogen-bond donors (Lipinski definition) is 4. The van der Waals surface area contributed by atoms with Gasteiger partial charge in [0, 0.05) is 35.2 Å². The molecule has 0 radical (unpaired) electrons. The quantitative estimate of drug-likeness (QED) is 0.111. The van der Waals surface area contributed by atoms with Crippen molar-refractivity contribution in [3.05, 3.63) is 71.6 Å². The second kappa shape index (κ2) is 16.9. The van der Waals surface area contributed by atoms with Crippen LogP contribution in [0.5, 0.6) is 0 Å². The predicted octanol–water partition coefficient (Wildman–Crippen LogP) is 7.46. The molecule has 2 fully saturated rings. The lowest BCUT2D eigenvalue weighted by molar-refractivity contribution is -0.136. The minimum atomic E-state index is -0.698. The lowest BCUT2D eigenvalue weighted by Gasteiger charge is -2.30. The zero-order valence-electron chi connectivity index (χ0n) is 35.1. The van der Waals surface area contributed by atoms with Gasteiger partial charge in [-0.2, -0.15) is 0 Å². The molecule has 1 aliphatic carbocycles. The summed E-state index contributed by atoms with van der Waals surface area (Å²) in [5.74, 6) is 1.83. The number of benzene rings is 2. The summed E-state index contributed by atoms with van der Waals surface area (Å²) < 4.78 is 16.2. The molecule has 0 bridgehead atoms. The molecule has 3 aliphatic rings. The Morgan fingerprint density at radius 1 is 0.733 bits per heavy atom. The van der Waals surface area contributed by atoms with Crippen molar-refractivity contribution in [2.75, 3.05) is 27.3 Å². The Morgan fingerprint density at radius 2 is 1.27 bits per heavy atom. The van der Waals surface area contributed by atoms with Crippen LogP contribution in [0.15, 0.2) is 53.2 Å². The normalized spacial score (nSPS) is 18.6. The zero-order valence-corrected chi connectivity index (χ0v) is 35.1. The van der Waals surface area contributed by atoms with Gasteiger partial charge in [-0.25, -0.2) is 19.6 Å². The molecule has 2 aliphatic heterocycles. The van der Waals surface area contributed by atoms with Crippen molar-refractivity contribution >= 4 is 35.0 Å². The highest BCUT2D eigenvalue weighted by Gasteiger charge is 2.39. The summed E-state index contributed by atoms with van der Waals surface area (Å²) in [6, 6.07) is 10.8. The second-order valence-electron chi connectivity index (χ2n) is 16.8. The number of likely N-dealkylation sites (tertiary alicyclic amines) is 2. The van der Waals surface area contributed by atoms with Crippen LogP contribution in [0.2, 0.25) is 0 Å². The van der Waals surface area contributed by atoms with E-state index < -0.39 is 24.3 Å². The van der Waals surface area contributed by atoms with Gasteiger partial charge in [-0.05, 0) is 92.2 Å². The summed E-state index contributed by atoms with van der Waals surface area (Å²) in [6.07, 6.45) is 8.35. The monoisotopic (exact) mass is 818 g/mol. The number of amides is 4. The van der Waals surface area contributed by atoms with Crippen LogP contribution in [0.1, 0.15) is 94.7 Å². The zero-order chi connectivity index (χ0) is 42.2. The molecule has 15 heteroatoms. The molecule has 5 aromatic rings. The number of fused-ring (bicyclic) bond motifs is 5. The van der Waals surface area contributed by atoms with Crippen molar-refractivity contribution in [1.82, 2.24) is 40.4 Å². The lowest BCUT2D eigenvalue weighted by atomic mass is 9.98. The average Bonchev–Trinajstić information content (AvgIpc) is 4.10. The van der Waals surface area contributed by atoms with E-state index in [0.29, 0.717) is 13.1 Å². The van der Waals surface area contributed by atoms with Gasteiger partial charge >= 0.3 is 12.2 Å². The molecular weight excluding hydrogens is 765 g/mol. The first-order valence-corrected chi connectivity index (χ1v) is 21.0. The van der Waals surface area contributed by atoms with E-state index in [1.807, 2.05) is 62.0 Å². The number of furan rings is 1. The number of aromatic nitrogens is 4. The summed E-state index contributed by atoms with van der Waals surface area (Å²) in [6.45, 7) is 8.80. The number of methoxy groups -OCH3 is 2. The number of aryl methyl sites for hydroxylation is 2. The third-order valence-corrected chi connectivity index (χ3v) is 12.3. The number of H-pyrrole nitrogens is 2. The molecule has 4 amide bonds. The molecule has 15 nitrogen and oxygen atoms in total. The fourth-order valence-electron chi connectivity index (χ4n) is 9.12. The van der Waals surface area contributed by atoms with Gasteiger partial charge in [0.1, 0.15) is 35.1 Å². The maximum absolute atomic E-state index is 13.7. The molecule has 2 saturated heterocycles. The molecule has 3 aromatic heterocycles. The van der Waals surface area contributed by atoms with E-state index in [2.05, 4.69) is 44.9 Å². The standard InChI is InChI=1S/C45H54N8O7/c1-24(2)37(50-44(56)58-5)42(54)52-18-8-12-34(52)40-46-22-32(48-40)27-14-16-29-26(20-27)10-7-11-30-31-21-28(15-17-36(31)60-39(29)30)33-23-47-41(49-33)35-13-9-19-53(35)43(55)38(25(3)4)51-45(57)59-6/h14-17,20-25,34-35,37-38H,7-13,18-19H2,1-6H3,(H,46,48)(H,47,49)(H,50,56)(H,51,57)/t34-,35-,37?,38?/m0/s1. The van der Waals surface area contributed by atoms with Gasteiger partial charge in [0.25, 0.3) is 0 Å². The molecule has 0 saturated carbocycles. The number of carbonyl (C=O) groups excluding carboxylic acids is 4. The van der Waals surface area contributed by atoms with E-state index in [4.69, 9.17) is 23.9 Å². The Kier molecular flexibility index (Phi) is 11.4. The van der Waals surface area contributed by atoms with Crippen LogP contribution in [0.25, 0.3) is 44.8 Å². The minimum Gasteiger partial charge on any atom is -0.456 e. The van der Waals surface area contributed by atoms with Crippen molar-refractivity contribution in [3.63, 3.8) is 0 Å². The van der Waals surface area contributed by atoms with Crippen LogP contribution in [-0.4, -0.2) is 93.1 Å². The largest absolute Gasteiger partial charge is 0.456 e. The SMILES string of the molecule is COC(=O)NC(C(=O)N1CCC[C@H]1c1ncc(-c2ccc3c(c2)CCCc2c-3oc3ccc(-c4cnc([C@@H]5CCCN5C(=O)C(NC(=O)OC)C(C)C)[nH]4)cc23)[nH]1)C(C)C. The summed E-state index contributed by atoms with van der Waals surface area (Å²) >= 11 is 0. The first kappa shape index (κ1) is 40.7. The van der Waals surface area contributed by atoms with E-state index >= 15 is 0 Å². The number of alkyl carbamates (subject to hydrolysis) is 2. The smallest absolute Gasteiger partial charge is 0.407 e. The topological polar surface area (TPSA) is 188 Å². The van der Waals surface area contributed by atoms with Crippen LogP contribution in [0.3, 0.4) is 0 Å². The van der Waals surface area contributed by atoms with Crippen LogP contribution in [0.4, 0.5) is 9.59 Å². The van der Waals surface area contributed by atoms with Gasteiger partial charge in [-0.15, -0.1) is 0 Å².